The van der Waals surface area contributed by atoms with Gasteiger partial charge in [0.2, 0.25) is 5.91 Å². The first-order valence-electron chi connectivity index (χ1n) is 4.18. The minimum atomic E-state index is 0. The third-order valence-corrected chi connectivity index (χ3v) is 2.17. The van der Waals surface area contributed by atoms with E-state index in [9.17, 15) is 4.79 Å². The summed E-state index contributed by atoms with van der Waals surface area (Å²) in [5.41, 5.74) is 0. The van der Waals surface area contributed by atoms with Gasteiger partial charge in [-0.3, -0.25) is 4.79 Å². The molecule has 0 aromatic carbocycles. The van der Waals surface area contributed by atoms with E-state index in [1.807, 2.05) is 0 Å². The molecule has 12 heavy (non-hydrogen) atoms. The number of hydrogen-bond donors (Lipinski definition) is 2. The van der Waals surface area contributed by atoms with Crippen LogP contribution in [-0.2, 0) is 4.79 Å². The Balaban J connectivity index is 0.00000121. The van der Waals surface area contributed by atoms with Gasteiger partial charge in [-0.2, -0.15) is 0 Å². The quantitative estimate of drug-likeness (QED) is 0.637. The average molecular weight is 193 g/mol. The van der Waals surface area contributed by atoms with Gasteiger partial charge >= 0.3 is 0 Å². The molecule has 2 unspecified atom stereocenters. The SMILES string of the molecule is CC(=O)NC1CCNCC1C.Cl. The van der Waals surface area contributed by atoms with Crippen LogP contribution in [0, 0.1) is 5.92 Å². The van der Waals surface area contributed by atoms with Gasteiger partial charge in [-0.15, -0.1) is 12.4 Å². The molecule has 0 spiro atoms. The summed E-state index contributed by atoms with van der Waals surface area (Å²) in [4.78, 5) is 10.7. The Morgan fingerprint density at radius 3 is 2.75 bits per heavy atom. The molecule has 4 heteroatoms. The fourth-order valence-corrected chi connectivity index (χ4v) is 1.49. The van der Waals surface area contributed by atoms with Crippen LogP contribution in [0.1, 0.15) is 20.3 Å². The van der Waals surface area contributed by atoms with Crippen molar-refractivity contribution in [2.45, 2.75) is 26.3 Å². The van der Waals surface area contributed by atoms with Crippen LogP contribution < -0.4 is 10.6 Å². The molecule has 0 aromatic heterocycles. The van der Waals surface area contributed by atoms with E-state index in [1.165, 1.54) is 0 Å². The first-order valence-corrected chi connectivity index (χ1v) is 4.18. The smallest absolute Gasteiger partial charge is 0.217 e. The van der Waals surface area contributed by atoms with Gasteiger partial charge in [-0.25, -0.2) is 0 Å². The van der Waals surface area contributed by atoms with E-state index in [0.29, 0.717) is 12.0 Å². The van der Waals surface area contributed by atoms with E-state index in [-0.39, 0.29) is 18.3 Å². The molecule has 1 amide bonds. The van der Waals surface area contributed by atoms with Gasteiger partial charge in [0, 0.05) is 13.0 Å². The number of halogens is 1. The number of piperidine rings is 1. The first kappa shape index (κ1) is 11.7. The number of carbonyl (C=O) groups excluding carboxylic acids is 1. The van der Waals surface area contributed by atoms with Crippen molar-refractivity contribution in [3.05, 3.63) is 0 Å². The molecule has 2 N–H and O–H groups in total. The molecule has 1 heterocycles. The zero-order valence-electron chi connectivity index (χ0n) is 7.59. The predicted molar refractivity (Wildman–Crippen MR) is 51.5 cm³/mol. The second kappa shape index (κ2) is 5.38. The normalized spacial score (nSPS) is 28.8. The van der Waals surface area contributed by atoms with Crippen molar-refractivity contribution in [3.63, 3.8) is 0 Å². The number of amides is 1. The minimum absolute atomic E-state index is 0. The van der Waals surface area contributed by atoms with Gasteiger partial charge in [0.1, 0.15) is 0 Å². The van der Waals surface area contributed by atoms with Gasteiger partial charge in [-0.05, 0) is 25.4 Å². The summed E-state index contributed by atoms with van der Waals surface area (Å²) >= 11 is 0. The van der Waals surface area contributed by atoms with Crippen molar-refractivity contribution in [3.8, 4) is 0 Å². The molecule has 0 aliphatic carbocycles. The molecule has 2 atom stereocenters. The largest absolute Gasteiger partial charge is 0.353 e. The van der Waals surface area contributed by atoms with Crippen molar-refractivity contribution in [2.24, 2.45) is 5.92 Å². The molecule has 0 radical (unpaired) electrons. The second-order valence-electron chi connectivity index (χ2n) is 3.28. The minimum Gasteiger partial charge on any atom is -0.353 e. The van der Waals surface area contributed by atoms with Crippen molar-refractivity contribution in [1.82, 2.24) is 10.6 Å². The van der Waals surface area contributed by atoms with Crippen molar-refractivity contribution < 1.29 is 4.79 Å². The van der Waals surface area contributed by atoms with Gasteiger partial charge in [0.05, 0.1) is 0 Å². The van der Waals surface area contributed by atoms with Crippen molar-refractivity contribution in [2.75, 3.05) is 13.1 Å². The Kier molecular flexibility index (Phi) is 5.25. The zero-order chi connectivity index (χ0) is 8.27. The first-order chi connectivity index (χ1) is 5.20. The number of nitrogens with one attached hydrogen (secondary N) is 2. The van der Waals surface area contributed by atoms with E-state index in [1.54, 1.807) is 6.92 Å². The molecule has 0 aromatic rings. The topological polar surface area (TPSA) is 41.1 Å². The van der Waals surface area contributed by atoms with Crippen LogP contribution in [0.5, 0.6) is 0 Å². The van der Waals surface area contributed by atoms with E-state index in [2.05, 4.69) is 17.6 Å². The number of carbonyl (C=O) groups is 1. The van der Waals surface area contributed by atoms with Crippen LogP contribution in [0.4, 0.5) is 0 Å². The van der Waals surface area contributed by atoms with E-state index in [0.717, 1.165) is 19.5 Å². The third-order valence-electron chi connectivity index (χ3n) is 2.17. The predicted octanol–water partition coefficient (Wildman–Crippen LogP) is 0.542. The fraction of sp³-hybridized carbons (Fsp3) is 0.875. The summed E-state index contributed by atoms with van der Waals surface area (Å²) in [6.45, 7) is 5.78. The molecule has 1 aliphatic heterocycles. The zero-order valence-corrected chi connectivity index (χ0v) is 8.41. The molecule has 1 fully saturated rings. The maximum atomic E-state index is 10.7. The molecular weight excluding hydrogens is 176 g/mol. The summed E-state index contributed by atoms with van der Waals surface area (Å²) in [6, 6.07) is 0.383. The summed E-state index contributed by atoms with van der Waals surface area (Å²) in [5, 5.41) is 6.24. The van der Waals surface area contributed by atoms with Crippen LogP contribution in [0.15, 0.2) is 0 Å². The maximum Gasteiger partial charge on any atom is 0.217 e. The number of rotatable bonds is 1. The monoisotopic (exact) mass is 192 g/mol. The van der Waals surface area contributed by atoms with E-state index < -0.39 is 0 Å². The van der Waals surface area contributed by atoms with E-state index >= 15 is 0 Å². The van der Waals surface area contributed by atoms with Crippen LogP contribution in [0.2, 0.25) is 0 Å². The Morgan fingerprint density at radius 1 is 1.58 bits per heavy atom. The Bertz CT molecular complexity index is 152. The molecule has 3 nitrogen and oxygen atoms in total. The highest BCUT2D eigenvalue weighted by Gasteiger charge is 2.20. The molecule has 1 aliphatic rings. The Hall–Kier alpha value is -0.280. The van der Waals surface area contributed by atoms with Gasteiger partial charge in [-0.1, -0.05) is 6.92 Å². The van der Waals surface area contributed by atoms with Crippen molar-refractivity contribution in [1.29, 1.82) is 0 Å². The molecule has 0 saturated carbocycles. The molecule has 1 rings (SSSR count). The molecule has 0 bridgehead atoms. The lowest BCUT2D eigenvalue weighted by Crippen LogP contribution is -2.47. The molecule has 1 saturated heterocycles. The highest BCUT2D eigenvalue weighted by Crippen LogP contribution is 2.09. The second-order valence-corrected chi connectivity index (χ2v) is 3.28. The Labute approximate surface area is 79.7 Å². The highest BCUT2D eigenvalue weighted by atomic mass is 35.5. The molecular formula is C8H17ClN2O. The highest BCUT2D eigenvalue weighted by molar-refractivity contribution is 5.85. The van der Waals surface area contributed by atoms with Gasteiger partial charge < -0.3 is 10.6 Å². The third kappa shape index (κ3) is 3.41. The summed E-state index contributed by atoms with van der Waals surface area (Å²) < 4.78 is 0. The average Bonchev–Trinajstić information content (AvgIpc) is 1.93. The Morgan fingerprint density at radius 2 is 2.25 bits per heavy atom. The fourth-order valence-electron chi connectivity index (χ4n) is 1.49. The standard InChI is InChI=1S/C8H16N2O.ClH/c1-6-5-9-4-3-8(6)10-7(2)11;/h6,8-9H,3-5H2,1-2H3,(H,10,11);1H. The van der Waals surface area contributed by atoms with Gasteiger partial charge in [0.25, 0.3) is 0 Å². The number of hydrogen-bond acceptors (Lipinski definition) is 2. The van der Waals surface area contributed by atoms with Crippen LogP contribution in [0.25, 0.3) is 0 Å². The summed E-state index contributed by atoms with van der Waals surface area (Å²) in [5.74, 6) is 0.649. The van der Waals surface area contributed by atoms with Crippen molar-refractivity contribution >= 4 is 18.3 Å². The van der Waals surface area contributed by atoms with Crippen LogP contribution in [0.3, 0.4) is 0 Å². The summed E-state index contributed by atoms with van der Waals surface area (Å²) in [7, 11) is 0. The maximum absolute atomic E-state index is 10.7. The lowest BCUT2D eigenvalue weighted by molar-refractivity contribution is -0.120. The van der Waals surface area contributed by atoms with Gasteiger partial charge in [0.15, 0.2) is 0 Å². The van der Waals surface area contributed by atoms with Crippen LogP contribution in [-0.4, -0.2) is 25.0 Å². The molecule has 72 valence electrons. The lowest BCUT2D eigenvalue weighted by atomic mass is 9.95. The van der Waals surface area contributed by atoms with E-state index in [4.69, 9.17) is 0 Å². The van der Waals surface area contributed by atoms with Crippen LogP contribution >= 0.6 is 12.4 Å². The lowest BCUT2D eigenvalue weighted by Gasteiger charge is -2.29. The summed E-state index contributed by atoms with van der Waals surface area (Å²) in [6.07, 6.45) is 1.06.